The van der Waals surface area contributed by atoms with Crippen LogP contribution in [0.3, 0.4) is 0 Å². The molecule has 0 saturated carbocycles. The Bertz CT molecular complexity index is 809. The topological polar surface area (TPSA) is 64.1 Å². The van der Waals surface area contributed by atoms with Crippen molar-refractivity contribution >= 4 is 33.7 Å². The van der Waals surface area contributed by atoms with Gasteiger partial charge in [-0.15, -0.1) is 22.7 Å². The van der Waals surface area contributed by atoms with Gasteiger partial charge in [-0.25, -0.2) is 9.97 Å². The van der Waals surface area contributed by atoms with Gasteiger partial charge in [0.1, 0.15) is 10.8 Å². The maximum absolute atomic E-state index is 12.0. The van der Waals surface area contributed by atoms with Gasteiger partial charge in [-0.05, 0) is 31.2 Å². The number of carbonyl (C=O) groups is 1. The van der Waals surface area contributed by atoms with Gasteiger partial charge in [0.2, 0.25) is 5.91 Å². The zero-order valence-corrected chi connectivity index (χ0v) is 14.3. The van der Waals surface area contributed by atoms with Crippen LogP contribution >= 0.6 is 22.7 Å². The molecule has 1 N–H and O–H groups in total. The highest BCUT2D eigenvalue weighted by Gasteiger charge is 2.10. The van der Waals surface area contributed by atoms with E-state index in [1.807, 2.05) is 41.9 Å². The summed E-state index contributed by atoms with van der Waals surface area (Å²) in [6, 6.07) is 7.71. The predicted octanol–water partition coefficient (Wildman–Crippen LogP) is 3.76. The smallest absolute Gasteiger partial charge is 0.232 e. The van der Waals surface area contributed by atoms with E-state index < -0.39 is 0 Å². The molecule has 3 rings (SSSR count). The Morgan fingerprint density at radius 3 is 2.61 bits per heavy atom. The molecule has 0 bridgehead atoms. The molecule has 0 aliphatic carbocycles. The molecule has 1 amide bonds. The first kappa shape index (κ1) is 15.6. The van der Waals surface area contributed by atoms with Gasteiger partial charge in [0, 0.05) is 16.3 Å². The van der Waals surface area contributed by atoms with Crippen LogP contribution in [0.5, 0.6) is 5.75 Å². The van der Waals surface area contributed by atoms with Crippen molar-refractivity contribution in [3.63, 3.8) is 0 Å². The summed E-state index contributed by atoms with van der Waals surface area (Å²) < 4.78 is 5.15. The number of benzene rings is 1. The fourth-order valence-electron chi connectivity index (χ4n) is 1.99. The Labute approximate surface area is 142 Å². The van der Waals surface area contributed by atoms with Gasteiger partial charge in [0.15, 0.2) is 5.13 Å². The SMILES string of the molecule is COc1ccc(-c2nc(CC(=O)Nc3nc(C)cs3)cs2)cc1. The summed E-state index contributed by atoms with van der Waals surface area (Å²) in [6.07, 6.45) is 0.241. The molecule has 2 aromatic heterocycles. The molecule has 118 valence electrons. The molecule has 0 atom stereocenters. The van der Waals surface area contributed by atoms with Crippen molar-refractivity contribution in [2.45, 2.75) is 13.3 Å². The molecule has 0 spiro atoms. The molecule has 2 heterocycles. The van der Waals surface area contributed by atoms with Crippen LogP contribution in [0.2, 0.25) is 0 Å². The Hall–Kier alpha value is -2.25. The number of aryl methyl sites for hydroxylation is 1. The van der Waals surface area contributed by atoms with Crippen LogP contribution in [0.15, 0.2) is 35.0 Å². The van der Waals surface area contributed by atoms with Gasteiger partial charge in [0.25, 0.3) is 0 Å². The fraction of sp³-hybridized carbons (Fsp3) is 0.188. The first-order valence-electron chi connectivity index (χ1n) is 6.95. The highest BCUT2D eigenvalue weighted by atomic mass is 32.1. The zero-order chi connectivity index (χ0) is 16.2. The van der Waals surface area contributed by atoms with Crippen molar-refractivity contribution in [3.8, 4) is 16.3 Å². The minimum absolute atomic E-state index is 0.106. The third-order valence-corrected chi connectivity index (χ3v) is 4.91. The summed E-state index contributed by atoms with van der Waals surface area (Å²) in [5.74, 6) is 0.703. The van der Waals surface area contributed by atoms with E-state index >= 15 is 0 Å². The standard InChI is InChI=1S/C16H15N3O2S2/c1-10-8-23-16(17-10)19-14(20)7-12-9-22-15(18-12)11-3-5-13(21-2)6-4-11/h3-6,8-9H,7H2,1-2H3,(H,17,19,20). The Balaban J connectivity index is 1.65. The van der Waals surface area contributed by atoms with E-state index in [0.29, 0.717) is 5.13 Å². The summed E-state index contributed by atoms with van der Waals surface area (Å²) in [5, 5.41) is 8.12. The van der Waals surface area contributed by atoms with E-state index in [1.54, 1.807) is 7.11 Å². The number of ether oxygens (including phenoxy) is 1. The van der Waals surface area contributed by atoms with Crippen LogP contribution < -0.4 is 10.1 Å². The van der Waals surface area contributed by atoms with E-state index in [4.69, 9.17) is 4.74 Å². The van der Waals surface area contributed by atoms with Gasteiger partial charge in [-0.1, -0.05) is 0 Å². The Morgan fingerprint density at radius 1 is 1.17 bits per heavy atom. The fourth-order valence-corrected chi connectivity index (χ4v) is 3.52. The number of carbonyl (C=O) groups excluding carboxylic acids is 1. The number of amides is 1. The minimum Gasteiger partial charge on any atom is -0.497 e. The molecular formula is C16H15N3O2S2. The number of hydrogen-bond donors (Lipinski definition) is 1. The molecule has 0 aliphatic heterocycles. The quantitative estimate of drug-likeness (QED) is 0.764. The summed E-state index contributed by atoms with van der Waals surface area (Å²) in [6.45, 7) is 1.90. The van der Waals surface area contributed by atoms with E-state index in [1.165, 1.54) is 22.7 Å². The molecule has 0 unspecified atom stereocenters. The third kappa shape index (κ3) is 3.94. The molecule has 1 aromatic carbocycles. The molecule has 7 heteroatoms. The van der Waals surface area contributed by atoms with Crippen molar-refractivity contribution < 1.29 is 9.53 Å². The first-order chi connectivity index (χ1) is 11.1. The van der Waals surface area contributed by atoms with Gasteiger partial charge >= 0.3 is 0 Å². The summed E-state index contributed by atoms with van der Waals surface area (Å²) in [4.78, 5) is 20.8. The second-order valence-corrected chi connectivity index (χ2v) is 6.61. The van der Waals surface area contributed by atoms with Crippen molar-refractivity contribution in [2.75, 3.05) is 12.4 Å². The minimum atomic E-state index is -0.106. The average molecular weight is 345 g/mol. The normalized spacial score (nSPS) is 10.5. The average Bonchev–Trinajstić information content (AvgIpc) is 3.16. The predicted molar refractivity (Wildman–Crippen MR) is 93.3 cm³/mol. The van der Waals surface area contributed by atoms with Crippen LogP contribution in [0.1, 0.15) is 11.4 Å². The van der Waals surface area contributed by atoms with Gasteiger partial charge < -0.3 is 10.1 Å². The van der Waals surface area contributed by atoms with Crippen molar-refractivity contribution in [1.29, 1.82) is 0 Å². The van der Waals surface area contributed by atoms with E-state index in [9.17, 15) is 4.79 Å². The lowest BCUT2D eigenvalue weighted by atomic mass is 10.2. The van der Waals surface area contributed by atoms with Crippen LogP contribution in [0.4, 0.5) is 5.13 Å². The largest absolute Gasteiger partial charge is 0.497 e. The number of anilines is 1. The van der Waals surface area contributed by atoms with Crippen molar-refractivity contribution in [1.82, 2.24) is 9.97 Å². The molecule has 5 nitrogen and oxygen atoms in total. The lowest BCUT2D eigenvalue weighted by Gasteiger charge is -2.00. The van der Waals surface area contributed by atoms with Gasteiger partial charge in [0.05, 0.1) is 24.9 Å². The van der Waals surface area contributed by atoms with Gasteiger partial charge in [-0.2, -0.15) is 0 Å². The number of rotatable bonds is 5. The molecule has 0 saturated heterocycles. The van der Waals surface area contributed by atoms with Crippen molar-refractivity contribution in [2.24, 2.45) is 0 Å². The zero-order valence-electron chi connectivity index (χ0n) is 12.7. The van der Waals surface area contributed by atoms with E-state index in [0.717, 1.165) is 27.7 Å². The van der Waals surface area contributed by atoms with Crippen LogP contribution in [0.25, 0.3) is 10.6 Å². The van der Waals surface area contributed by atoms with Gasteiger partial charge in [-0.3, -0.25) is 4.79 Å². The lowest BCUT2D eigenvalue weighted by molar-refractivity contribution is -0.115. The molecule has 0 fully saturated rings. The maximum Gasteiger partial charge on any atom is 0.232 e. The van der Waals surface area contributed by atoms with Crippen LogP contribution in [-0.4, -0.2) is 23.0 Å². The number of nitrogens with zero attached hydrogens (tertiary/aromatic N) is 2. The molecule has 23 heavy (non-hydrogen) atoms. The second-order valence-electron chi connectivity index (χ2n) is 4.89. The number of methoxy groups -OCH3 is 1. The summed E-state index contributed by atoms with van der Waals surface area (Å²) in [7, 11) is 1.64. The number of thiazole rings is 2. The maximum atomic E-state index is 12.0. The highest BCUT2D eigenvalue weighted by molar-refractivity contribution is 7.14. The number of aromatic nitrogens is 2. The molecule has 0 aliphatic rings. The summed E-state index contributed by atoms with van der Waals surface area (Å²) in [5.41, 5.74) is 2.67. The highest BCUT2D eigenvalue weighted by Crippen LogP contribution is 2.26. The molecular weight excluding hydrogens is 330 g/mol. The first-order valence-corrected chi connectivity index (χ1v) is 8.71. The van der Waals surface area contributed by atoms with E-state index in [-0.39, 0.29) is 12.3 Å². The molecule has 0 radical (unpaired) electrons. The van der Waals surface area contributed by atoms with E-state index in [2.05, 4.69) is 15.3 Å². The monoisotopic (exact) mass is 345 g/mol. The Morgan fingerprint density at radius 2 is 1.96 bits per heavy atom. The van der Waals surface area contributed by atoms with Crippen LogP contribution in [0, 0.1) is 6.92 Å². The summed E-state index contributed by atoms with van der Waals surface area (Å²) >= 11 is 2.94. The number of hydrogen-bond acceptors (Lipinski definition) is 6. The van der Waals surface area contributed by atoms with Crippen LogP contribution in [-0.2, 0) is 11.2 Å². The molecule has 3 aromatic rings. The lowest BCUT2D eigenvalue weighted by Crippen LogP contribution is -2.14. The third-order valence-electron chi connectivity index (χ3n) is 3.10. The van der Waals surface area contributed by atoms with Crippen molar-refractivity contribution in [3.05, 3.63) is 46.4 Å². The second kappa shape index (κ2) is 6.89. The number of nitrogens with one attached hydrogen (secondary N) is 1. The Kier molecular flexibility index (Phi) is 4.68.